The Morgan fingerprint density at radius 2 is 2.09 bits per heavy atom. The second-order valence-electron chi connectivity index (χ2n) is 5.27. The fourth-order valence-electron chi connectivity index (χ4n) is 2.15. The van der Waals surface area contributed by atoms with E-state index in [1.54, 1.807) is 25.1 Å². The number of halogens is 2. The van der Waals surface area contributed by atoms with Crippen LogP contribution in [0.2, 0.25) is 5.02 Å². The second kappa shape index (κ2) is 7.29. The Morgan fingerprint density at radius 1 is 1.35 bits per heavy atom. The molecule has 0 aliphatic carbocycles. The lowest BCUT2D eigenvalue weighted by Crippen LogP contribution is -2.03. The molecule has 0 bridgehead atoms. The smallest absolute Gasteiger partial charge is 0.331 e. The highest BCUT2D eigenvalue weighted by molar-refractivity contribution is 6.30. The first-order valence-corrected chi connectivity index (χ1v) is 7.45. The predicted octanol–water partition coefficient (Wildman–Crippen LogP) is 4.89. The van der Waals surface area contributed by atoms with Gasteiger partial charge in [-0.15, -0.1) is 0 Å². The SMILES string of the molecule is C/C(=C\c1c(C)cccc1NCc1ccc(F)c(Cl)c1)C(=O)O. The first-order valence-electron chi connectivity index (χ1n) is 7.07. The summed E-state index contributed by atoms with van der Waals surface area (Å²) < 4.78 is 13.2. The highest BCUT2D eigenvalue weighted by Gasteiger charge is 2.07. The van der Waals surface area contributed by atoms with Crippen molar-refractivity contribution in [1.29, 1.82) is 0 Å². The van der Waals surface area contributed by atoms with Crippen molar-refractivity contribution in [1.82, 2.24) is 0 Å². The lowest BCUT2D eigenvalue weighted by atomic mass is 10.0. The van der Waals surface area contributed by atoms with Crippen molar-refractivity contribution >= 4 is 29.3 Å². The van der Waals surface area contributed by atoms with Crippen LogP contribution in [-0.2, 0) is 11.3 Å². The summed E-state index contributed by atoms with van der Waals surface area (Å²) in [6.45, 7) is 3.93. The third kappa shape index (κ3) is 4.33. The molecule has 23 heavy (non-hydrogen) atoms. The molecule has 2 rings (SSSR count). The van der Waals surface area contributed by atoms with Crippen molar-refractivity contribution in [2.24, 2.45) is 0 Å². The van der Waals surface area contributed by atoms with Crippen LogP contribution in [0.4, 0.5) is 10.1 Å². The van der Waals surface area contributed by atoms with Gasteiger partial charge in [0.1, 0.15) is 5.82 Å². The van der Waals surface area contributed by atoms with Gasteiger partial charge in [-0.3, -0.25) is 0 Å². The molecule has 0 aliphatic heterocycles. The monoisotopic (exact) mass is 333 g/mol. The van der Waals surface area contributed by atoms with E-state index < -0.39 is 11.8 Å². The highest BCUT2D eigenvalue weighted by Crippen LogP contribution is 2.24. The molecule has 0 fully saturated rings. The maximum atomic E-state index is 13.2. The van der Waals surface area contributed by atoms with Crippen molar-refractivity contribution in [3.05, 3.63) is 69.5 Å². The predicted molar refractivity (Wildman–Crippen MR) is 91.2 cm³/mol. The number of carboxylic acid groups (broad SMARTS) is 1. The molecule has 0 radical (unpaired) electrons. The fourth-order valence-corrected chi connectivity index (χ4v) is 2.35. The number of hydrogen-bond donors (Lipinski definition) is 2. The van der Waals surface area contributed by atoms with E-state index in [0.29, 0.717) is 6.54 Å². The number of aryl methyl sites for hydroxylation is 1. The van der Waals surface area contributed by atoms with Crippen molar-refractivity contribution in [3.63, 3.8) is 0 Å². The molecule has 2 aromatic carbocycles. The van der Waals surface area contributed by atoms with E-state index >= 15 is 0 Å². The normalized spacial score (nSPS) is 11.4. The van der Waals surface area contributed by atoms with Gasteiger partial charge in [-0.05, 0) is 49.2 Å². The van der Waals surface area contributed by atoms with Crippen molar-refractivity contribution in [2.75, 3.05) is 5.32 Å². The molecule has 0 aliphatic rings. The number of rotatable bonds is 5. The van der Waals surface area contributed by atoms with Crippen LogP contribution in [0.25, 0.3) is 6.08 Å². The zero-order chi connectivity index (χ0) is 17.0. The maximum Gasteiger partial charge on any atom is 0.331 e. The summed E-state index contributed by atoms with van der Waals surface area (Å²) in [6.07, 6.45) is 1.64. The van der Waals surface area contributed by atoms with Crippen LogP contribution in [0.3, 0.4) is 0 Å². The summed E-state index contributed by atoms with van der Waals surface area (Å²) in [4.78, 5) is 11.0. The summed E-state index contributed by atoms with van der Waals surface area (Å²) in [5.74, 6) is -1.41. The molecule has 0 heterocycles. The topological polar surface area (TPSA) is 49.3 Å². The molecule has 0 atom stereocenters. The van der Waals surface area contributed by atoms with Gasteiger partial charge >= 0.3 is 5.97 Å². The Balaban J connectivity index is 2.26. The Bertz CT molecular complexity index is 772. The summed E-state index contributed by atoms with van der Waals surface area (Å²) in [5.41, 5.74) is 3.69. The molecule has 0 saturated carbocycles. The minimum Gasteiger partial charge on any atom is -0.478 e. The number of hydrogen-bond acceptors (Lipinski definition) is 2. The largest absolute Gasteiger partial charge is 0.478 e. The van der Waals surface area contributed by atoms with Gasteiger partial charge in [-0.25, -0.2) is 9.18 Å². The molecule has 2 N–H and O–H groups in total. The van der Waals surface area contributed by atoms with E-state index in [2.05, 4.69) is 5.32 Å². The second-order valence-corrected chi connectivity index (χ2v) is 5.68. The van der Waals surface area contributed by atoms with E-state index in [-0.39, 0.29) is 10.6 Å². The fraction of sp³-hybridized carbons (Fsp3) is 0.167. The van der Waals surface area contributed by atoms with Crippen LogP contribution in [0, 0.1) is 12.7 Å². The van der Waals surface area contributed by atoms with Crippen LogP contribution < -0.4 is 5.32 Å². The highest BCUT2D eigenvalue weighted by atomic mass is 35.5. The van der Waals surface area contributed by atoms with Gasteiger partial charge < -0.3 is 10.4 Å². The first-order chi connectivity index (χ1) is 10.9. The molecule has 120 valence electrons. The van der Waals surface area contributed by atoms with Crippen LogP contribution in [0.1, 0.15) is 23.6 Å². The van der Waals surface area contributed by atoms with Gasteiger partial charge in [0.2, 0.25) is 0 Å². The number of carboxylic acids is 1. The van der Waals surface area contributed by atoms with Crippen molar-refractivity contribution in [3.8, 4) is 0 Å². The Labute approximate surface area is 139 Å². The minimum absolute atomic E-state index is 0.0791. The Kier molecular flexibility index (Phi) is 5.40. The summed E-state index contributed by atoms with van der Waals surface area (Å²) in [6, 6.07) is 10.2. The molecule has 3 nitrogen and oxygen atoms in total. The van der Waals surface area contributed by atoms with Crippen LogP contribution in [0.5, 0.6) is 0 Å². The average Bonchev–Trinajstić information content (AvgIpc) is 2.51. The molecule has 2 aromatic rings. The van der Waals surface area contributed by atoms with Crippen LogP contribution in [-0.4, -0.2) is 11.1 Å². The van der Waals surface area contributed by atoms with Crippen molar-refractivity contribution < 1.29 is 14.3 Å². The molecule has 0 spiro atoms. The van der Waals surface area contributed by atoms with Gasteiger partial charge in [0.25, 0.3) is 0 Å². The van der Waals surface area contributed by atoms with E-state index in [4.69, 9.17) is 16.7 Å². The lowest BCUT2D eigenvalue weighted by molar-refractivity contribution is -0.132. The van der Waals surface area contributed by atoms with Gasteiger partial charge in [0.15, 0.2) is 0 Å². The average molecular weight is 334 g/mol. The van der Waals surface area contributed by atoms with E-state index in [1.807, 2.05) is 25.1 Å². The number of anilines is 1. The Hall–Kier alpha value is -2.33. The van der Waals surface area contributed by atoms with Crippen molar-refractivity contribution in [2.45, 2.75) is 20.4 Å². The zero-order valence-electron chi connectivity index (χ0n) is 12.9. The molecule has 0 amide bonds. The van der Waals surface area contributed by atoms with Gasteiger partial charge in [-0.1, -0.05) is 29.8 Å². The Morgan fingerprint density at radius 3 is 2.74 bits per heavy atom. The van der Waals surface area contributed by atoms with Gasteiger partial charge in [0, 0.05) is 23.4 Å². The zero-order valence-corrected chi connectivity index (χ0v) is 13.6. The molecule has 0 saturated heterocycles. The third-order valence-electron chi connectivity index (χ3n) is 3.49. The van der Waals surface area contributed by atoms with Crippen LogP contribution in [0.15, 0.2) is 42.0 Å². The number of aliphatic carboxylic acids is 1. The molecule has 0 aromatic heterocycles. The number of benzene rings is 2. The molecule has 0 unspecified atom stereocenters. The van der Waals surface area contributed by atoms with Crippen LogP contribution >= 0.6 is 11.6 Å². The molecule has 5 heteroatoms. The van der Waals surface area contributed by atoms with E-state index in [1.165, 1.54) is 6.07 Å². The number of nitrogens with one attached hydrogen (secondary N) is 1. The van der Waals surface area contributed by atoms with Gasteiger partial charge in [0.05, 0.1) is 5.02 Å². The summed E-state index contributed by atoms with van der Waals surface area (Å²) in [7, 11) is 0. The quantitative estimate of drug-likeness (QED) is 0.766. The molecular formula is C18H17ClFNO2. The minimum atomic E-state index is -0.954. The first kappa shape index (κ1) is 17.0. The van der Waals surface area contributed by atoms with Gasteiger partial charge in [-0.2, -0.15) is 0 Å². The summed E-state index contributed by atoms with van der Waals surface area (Å²) in [5, 5.41) is 12.4. The van der Waals surface area contributed by atoms with E-state index in [9.17, 15) is 9.18 Å². The summed E-state index contributed by atoms with van der Waals surface area (Å²) >= 11 is 5.78. The maximum absolute atomic E-state index is 13.2. The third-order valence-corrected chi connectivity index (χ3v) is 3.78. The number of carbonyl (C=O) groups is 1. The van der Waals surface area contributed by atoms with E-state index in [0.717, 1.165) is 22.4 Å². The standard InChI is InChI=1S/C18H17ClFNO2/c1-11-4-3-5-17(14(11)8-12(2)18(22)23)21-10-13-6-7-16(20)15(19)9-13/h3-9,21H,10H2,1-2H3,(H,22,23)/b12-8+. The molecular weight excluding hydrogens is 317 g/mol. The lowest BCUT2D eigenvalue weighted by Gasteiger charge is -2.13.